The monoisotopic (exact) mass is 531 g/mol. The number of aromatic nitrogens is 1. The number of ether oxygens (including phenoxy) is 1. The minimum atomic E-state index is -4.56. The molecule has 1 aromatic heterocycles. The summed E-state index contributed by atoms with van der Waals surface area (Å²) in [5, 5.41) is 12.8. The number of rotatable bonds is 6. The molecule has 0 spiro atoms. The Morgan fingerprint density at radius 2 is 1.83 bits per heavy atom. The van der Waals surface area contributed by atoms with Crippen LogP contribution in [0.4, 0.5) is 23.2 Å². The van der Waals surface area contributed by atoms with Crippen LogP contribution < -0.4 is 10.2 Å². The molecule has 0 saturated carbocycles. The number of carbonyl (C=O) groups excluding carboxylic acids is 2. The summed E-state index contributed by atoms with van der Waals surface area (Å²) in [6.45, 7) is 6.97. The molecule has 2 N–H and O–H groups in total. The molecule has 3 rings (SSSR count). The molecule has 0 bridgehead atoms. The number of hydrogen-bond acceptors (Lipinski definition) is 7. The Labute approximate surface area is 210 Å². The van der Waals surface area contributed by atoms with E-state index >= 15 is 0 Å². The number of aliphatic hydroxyl groups excluding tert-OH is 1. The lowest BCUT2D eigenvalue weighted by Crippen LogP contribution is -2.52. The maximum absolute atomic E-state index is 15.0. The SMILES string of the molecule is CC(O)C(NC(=O)c1cnc2cc(C(F)(F)F)ccc2c1N1CCSCC1)C(F)C(=O)OC(C)(C)C. The number of alkyl halides is 4. The molecule has 0 radical (unpaired) electrons. The summed E-state index contributed by atoms with van der Waals surface area (Å²) in [6.07, 6.45) is -7.23. The zero-order chi connectivity index (χ0) is 26.8. The molecule has 0 aliphatic carbocycles. The summed E-state index contributed by atoms with van der Waals surface area (Å²) in [5.41, 5.74) is -1.43. The molecule has 3 atom stereocenters. The van der Waals surface area contributed by atoms with Crippen molar-refractivity contribution in [2.75, 3.05) is 29.5 Å². The second-order valence-corrected chi connectivity index (χ2v) is 10.7. The van der Waals surface area contributed by atoms with Crippen molar-refractivity contribution in [3.63, 3.8) is 0 Å². The molecule has 1 aliphatic rings. The van der Waals surface area contributed by atoms with Gasteiger partial charge in [0.2, 0.25) is 6.17 Å². The fourth-order valence-electron chi connectivity index (χ4n) is 3.82. The molecule has 7 nitrogen and oxygen atoms in total. The molecule has 1 saturated heterocycles. The number of fused-ring (bicyclic) bond motifs is 1. The van der Waals surface area contributed by atoms with Crippen molar-refractivity contribution >= 4 is 40.2 Å². The highest BCUT2D eigenvalue weighted by atomic mass is 32.2. The van der Waals surface area contributed by atoms with Crippen molar-refractivity contribution in [3.05, 3.63) is 35.5 Å². The number of esters is 1. The first-order chi connectivity index (χ1) is 16.7. The molecular formula is C24H29F4N3O4S. The van der Waals surface area contributed by atoms with Crippen LogP contribution in [0.5, 0.6) is 0 Å². The molecule has 198 valence electrons. The summed E-state index contributed by atoms with van der Waals surface area (Å²) < 4.78 is 59.8. The van der Waals surface area contributed by atoms with Crippen LogP contribution in [0.25, 0.3) is 10.9 Å². The molecule has 2 heterocycles. The van der Waals surface area contributed by atoms with Crippen LogP contribution in [0.1, 0.15) is 43.6 Å². The van der Waals surface area contributed by atoms with Gasteiger partial charge in [-0.25, -0.2) is 9.18 Å². The Morgan fingerprint density at radius 1 is 1.19 bits per heavy atom. The smallest absolute Gasteiger partial charge is 0.416 e. The Morgan fingerprint density at radius 3 is 2.39 bits per heavy atom. The van der Waals surface area contributed by atoms with E-state index < -0.39 is 47.5 Å². The molecule has 2 aromatic rings. The number of nitrogens with zero attached hydrogens (tertiary/aromatic N) is 2. The number of carbonyl (C=O) groups is 2. The minimum absolute atomic E-state index is 0.00352. The van der Waals surface area contributed by atoms with Crippen molar-refractivity contribution in [3.8, 4) is 0 Å². The van der Waals surface area contributed by atoms with Gasteiger partial charge in [-0.1, -0.05) is 6.07 Å². The summed E-state index contributed by atoms with van der Waals surface area (Å²) in [7, 11) is 0. The Balaban J connectivity index is 2.01. The number of thioether (sulfide) groups is 1. The van der Waals surface area contributed by atoms with E-state index in [1.807, 2.05) is 4.90 Å². The Hall–Kier alpha value is -2.60. The summed E-state index contributed by atoms with van der Waals surface area (Å²) in [6, 6.07) is 1.48. The molecule has 1 aliphatic heterocycles. The summed E-state index contributed by atoms with van der Waals surface area (Å²) >= 11 is 1.70. The van der Waals surface area contributed by atoms with Gasteiger partial charge in [0.15, 0.2) is 0 Å². The Bertz CT molecular complexity index is 1110. The lowest BCUT2D eigenvalue weighted by molar-refractivity contribution is -0.163. The quantitative estimate of drug-likeness (QED) is 0.431. The van der Waals surface area contributed by atoms with Crippen molar-refractivity contribution in [1.29, 1.82) is 0 Å². The largest absolute Gasteiger partial charge is 0.458 e. The molecule has 1 fully saturated rings. The van der Waals surface area contributed by atoms with Crippen molar-refractivity contribution in [2.45, 2.75) is 57.8 Å². The second-order valence-electron chi connectivity index (χ2n) is 9.52. The number of halogens is 4. The van der Waals surface area contributed by atoms with Gasteiger partial charge in [0, 0.05) is 36.2 Å². The van der Waals surface area contributed by atoms with E-state index in [1.165, 1.54) is 13.0 Å². The minimum Gasteiger partial charge on any atom is -0.458 e. The highest BCUT2D eigenvalue weighted by Crippen LogP contribution is 2.36. The lowest BCUT2D eigenvalue weighted by atomic mass is 10.0. The summed E-state index contributed by atoms with van der Waals surface area (Å²) in [5.74, 6) is -0.576. The van der Waals surface area contributed by atoms with Gasteiger partial charge >= 0.3 is 12.1 Å². The van der Waals surface area contributed by atoms with Crippen molar-refractivity contribution < 1.29 is 37.0 Å². The lowest BCUT2D eigenvalue weighted by Gasteiger charge is -2.32. The predicted octanol–water partition coefficient (Wildman–Crippen LogP) is 3.97. The van der Waals surface area contributed by atoms with Crippen molar-refractivity contribution in [1.82, 2.24) is 10.3 Å². The number of pyridine rings is 1. The third kappa shape index (κ3) is 6.58. The van der Waals surface area contributed by atoms with E-state index in [1.54, 1.807) is 32.5 Å². The third-order valence-corrected chi connectivity index (χ3v) is 6.45. The van der Waals surface area contributed by atoms with Crippen LogP contribution in [0.2, 0.25) is 0 Å². The van der Waals surface area contributed by atoms with Gasteiger partial charge in [-0.15, -0.1) is 0 Å². The van der Waals surface area contributed by atoms with Crippen LogP contribution in [-0.4, -0.2) is 70.5 Å². The maximum atomic E-state index is 15.0. The predicted molar refractivity (Wildman–Crippen MR) is 130 cm³/mol. The average Bonchev–Trinajstić information content (AvgIpc) is 2.79. The van der Waals surface area contributed by atoms with Crippen LogP contribution in [0.3, 0.4) is 0 Å². The third-order valence-electron chi connectivity index (χ3n) is 5.50. The van der Waals surface area contributed by atoms with Gasteiger partial charge in [0.1, 0.15) is 5.60 Å². The molecule has 36 heavy (non-hydrogen) atoms. The zero-order valence-electron chi connectivity index (χ0n) is 20.4. The zero-order valence-corrected chi connectivity index (χ0v) is 21.2. The van der Waals surface area contributed by atoms with E-state index in [4.69, 9.17) is 4.74 Å². The van der Waals surface area contributed by atoms with Gasteiger partial charge in [-0.05, 0) is 39.8 Å². The van der Waals surface area contributed by atoms with Gasteiger partial charge < -0.3 is 20.1 Å². The van der Waals surface area contributed by atoms with Crippen LogP contribution >= 0.6 is 11.8 Å². The van der Waals surface area contributed by atoms with Crippen LogP contribution in [-0.2, 0) is 15.7 Å². The maximum Gasteiger partial charge on any atom is 0.416 e. The Kier molecular flexibility index (Phi) is 8.39. The van der Waals surface area contributed by atoms with Crippen LogP contribution in [0.15, 0.2) is 24.4 Å². The van der Waals surface area contributed by atoms with E-state index in [9.17, 15) is 32.3 Å². The highest BCUT2D eigenvalue weighted by molar-refractivity contribution is 7.99. The topological polar surface area (TPSA) is 91.8 Å². The molecular weight excluding hydrogens is 502 g/mol. The number of nitrogens with one attached hydrogen (secondary N) is 1. The second kappa shape index (κ2) is 10.8. The number of aliphatic hydroxyl groups is 1. The van der Waals surface area contributed by atoms with Gasteiger partial charge in [0.25, 0.3) is 5.91 Å². The molecule has 12 heteroatoms. The fourth-order valence-corrected chi connectivity index (χ4v) is 4.72. The number of anilines is 1. The van der Waals surface area contributed by atoms with E-state index in [-0.39, 0.29) is 11.1 Å². The molecule has 1 aromatic carbocycles. The normalized spacial score (nSPS) is 17.4. The van der Waals surface area contributed by atoms with Crippen molar-refractivity contribution in [2.24, 2.45) is 0 Å². The van der Waals surface area contributed by atoms with E-state index in [0.29, 0.717) is 24.2 Å². The number of amides is 1. The first-order valence-corrected chi connectivity index (χ1v) is 12.5. The standard InChI is InChI=1S/C24H29F4N3O4S/c1-13(32)19(18(25)22(34)35-23(2,3)4)30-21(33)16-12-29-17-11-14(24(26,27)28)5-6-15(17)20(16)31-7-9-36-10-8-31/h5-6,11-13,18-19,32H,7-10H2,1-4H3,(H,30,33). The number of benzene rings is 1. The van der Waals surface area contributed by atoms with Gasteiger partial charge in [0.05, 0.1) is 34.5 Å². The number of hydrogen-bond donors (Lipinski definition) is 2. The van der Waals surface area contributed by atoms with Crippen LogP contribution in [0, 0.1) is 0 Å². The molecule has 1 amide bonds. The van der Waals surface area contributed by atoms with E-state index in [0.717, 1.165) is 29.8 Å². The van der Waals surface area contributed by atoms with Gasteiger partial charge in [-0.3, -0.25) is 9.78 Å². The van der Waals surface area contributed by atoms with E-state index in [2.05, 4.69) is 10.3 Å². The first kappa shape index (κ1) is 28.0. The van der Waals surface area contributed by atoms with Gasteiger partial charge in [-0.2, -0.15) is 24.9 Å². The molecule has 3 unspecified atom stereocenters. The fraction of sp³-hybridized carbons (Fsp3) is 0.542. The summed E-state index contributed by atoms with van der Waals surface area (Å²) in [4.78, 5) is 31.5. The highest BCUT2D eigenvalue weighted by Gasteiger charge is 2.37. The average molecular weight is 532 g/mol. The first-order valence-electron chi connectivity index (χ1n) is 11.4.